The van der Waals surface area contributed by atoms with E-state index in [0.29, 0.717) is 12.0 Å². The van der Waals surface area contributed by atoms with Crippen molar-refractivity contribution in [1.29, 1.82) is 0 Å². The maximum atomic E-state index is 5.27. The molecule has 0 saturated heterocycles. The molecular formula is C15H22BrNO2. The molecule has 1 aromatic carbocycles. The Morgan fingerprint density at radius 3 is 2.26 bits per heavy atom. The molecule has 106 valence electrons. The highest BCUT2D eigenvalue weighted by molar-refractivity contribution is 9.10. The van der Waals surface area contributed by atoms with Gasteiger partial charge < -0.3 is 14.8 Å². The molecule has 2 rings (SSSR count). The molecule has 0 radical (unpaired) electrons. The summed E-state index contributed by atoms with van der Waals surface area (Å²) in [5.74, 6) is 0.682. The summed E-state index contributed by atoms with van der Waals surface area (Å²) < 4.78 is 11.7. The van der Waals surface area contributed by atoms with Crippen molar-refractivity contribution in [1.82, 2.24) is 5.32 Å². The zero-order valence-corrected chi connectivity index (χ0v) is 13.3. The lowest BCUT2D eigenvalue weighted by molar-refractivity contribution is -0.122. The Kier molecular flexibility index (Phi) is 5.39. The highest BCUT2D eigenvalue weighted by atomic mass is 79.9. The molecule has 1 aliphatic rings. The number of nitrogens with one attached hydrogen (secondary N) is 1. The van der Waals surface area contributed by atoms with Gasteiger partial charge in [0.2, 0.25) is 0 Å². The van der Waals surface area contributed by atoms with Gasteiger partial charge in [-0.25, -0.2) is 0 Å². The summed E-state index contributed by atoms with van der Waals surface area (Å²) in [5, 5.41) is 3.57. The fraction of sp³-hybridized carbons (Fsp3) is 0.600. The van der Waals surface area contributed by atoms with Gasteiger partial charge in [-0.1, -0.05) is 28.1 Å². The first-order valence-electron chi connectivity index (χ1n) is 6.71. The minimum Gasteiger partial charge on any atom is -0.354 e. The third-order valence-electron chi connectivity index (χ3n) is 3.85. The van der Waals surface area contributed by atoms with Gasteiger partial charge in [0.25, 0.3) is 0 Å². The van der Waals surface area contributed by atoms with Gasteiger partial charge in [-0.2, -0.15) is 0 Å². The van der Waals surface area contributed by atoms with Gasteiger partial charge in [-0.05, 0) is 43.4 Å². The summed E-state index contributed by atoms with van der Waals surface area (Å²) in [4.78, 5) is 0. The largest absolute Gasteiger partial charge is 0.354 e. The summed E-state index contributed by atoms with van der Waals surface area (Å²) >= 11 is 3.47. The van der Waals surface area contributed by atoms with Crippen molar-refractivity contribution in [3.8, 4) is 0 Å². The molecule has 0 spiro atoms. The Hall–Kier alpha value is -0.420. The van der Waals surface area contributed by atoms with Crippen LogP contribution >= 0.6 is 15.9 Å². The van der Waals surface area contributed by atoms with Crippen LogP contribution in [0.15, 0.2) is 28.7 Å². The highest BCUT2D eigenvalue weighted by Crippen LogP contribution is 2.37. The van der Waals surface area contributed by atoms with E-state index in [9.17, 15) is 0 Å². The second-order valence-electron chi connectivity index (χ2n) is 5.21. The molecule has 1 aromatic rings. The quantitative estimate of drug-likeness (QED) is 0.813. The number of hydrogen-bond acceptors (Lipinski definition) is 3. The summed E-state index contributed by atoms with van der Waals surface area (Å²) in [6.07, 6.45) is 2.20. The molecule has 1 unspecified atom stereocenters. The molecule has 0 aromatic heterocycles. The number of rotatable bonds is 6. The van der Waals surface area contributed by atoms with Crippen LogP contribution in [0, 0.1) is 0 Å². The average Bonchev–Trinajstić information content (AvgIpc) is 2.36. The zero-order valence-electron chi connectivity index (χ0n) is 11.7. The van der Waals surface area contributed by atoms with Crippen molar-refractivity contribution >= 4 is 15.9 Å². The van der Waals surface area contributed by atoms with Crippen LogP contribution < -0.4 is 5.32 Å². The van der Waals surface area contributed by atoms with Gasteiger partial charge in [-0.15, -0.1) is 0 Å². The van der Waals surface area contributed by atoms with Crippen LogP contribution in [0.3, 0.4) is 0 Å². The smallest absolute Gasteiger partial charge is 0.171 e. The average molecular weight is 328 g/mol. The van der Waals surface area contributed by atoms with E-state index in [1.165, 1.54) is 18.4 Å². The van der Waals surface area contributed by atoms with Gasteiger partial charge in [0.15, 0.2) is 6.29 Å². The van der Waals surface area contributed by atoms with Crippen LogP contribution in [0.25, 0.3) is 0 Å². The van der Waals surface area contributed by atoms with Crippen molar-refractivity contribution in [3.05, 3.63) is 34.3 Å². The van der Waals surface area contributed by atoms with Gasteiger partial charge in [0.1, 0.15) is 0 Å². The Morgan fingerprint density at radius 2 is 1.74 bits per heavy atom. The van der Waals surface area contributed by atoms with E-state index in [1.54, 1.807) is 14.2 Å². The predicted octanol–water partition coefficient (Wildman–Crippen LogP) is 3.29. The monoisotopic (exact) mass is 327 g/mol. The van der Waals surface area contributed by atoms with E-state index in [0.717, 1.165) is 4.47 Å². The fourth-order valence-corrected chi connectivity index (χ4v) is 2.98. The van der Waals surface area contributed by atoms with Gasteiger partial charge >= 0.3 is 0 Å². The van der Waals surface area contributed by atoms with Crippen LogP contribution in [0.2, 0.25) is 0 Å². The number of methoxy groups -OCH3 is 2. The number of ether oxygens (including phenoxy) is 2. The molecule has 0 bridgehead atoms. The molecule has 1 N–H and O–H groups in total. The first kappa shape index (κ1) is 15.0. The molecule has 0 heterocycles. The predicted molar refractivity (Wildman–Crippen MR) is 80.3 cm³/mol. The van der Waals surface area contributed by atoms with Gasteiger partial charge in [0.05, 0.1) is 6.04 Å². The first-order valence-corrected chi connectivity index (χ1v) is 7.50. The van der Waals surface area contributed by atoms with E-state index < -0.39 is 0 Å². The molecule has 3 nitrogen and oxygen atoms in total. The molecule has 1 aliphatic carbocycles. The molecular weight excluding hydrogens is 306 g/mol. The van der Waals surface area contributed by atoms with Crippen LogP contribution in [-0.4, -0.2) is 32.6 Å². The first-order chi connectivity index (χ1) is 9.13. The Morgan fingerprint density at radius 1 is 1.16 bits per heavy atom. The Labute approximate surface area is 123 Å². The van der Waals surface area contributed by atoms with E-state index in [1.807, 2.05) is 0 Å². The summed E-state index contributed by atoms with van der Waals surface area (Å²) in [6, 6.07) is 9.43. The minimum atomic E-state index is -0.174. The molecule has 4 heteroatoms. The van der Waals surface area contributed by atoms with Crippen molar-refractivity contribution in [2.45, 2.75) is 44.1 Å². The van der Waals surface area contributed by atoms with Crippen molar-refractivity contribution in [2.75, 3.05) is 14.2 Å². The second kappa shape index (κ2) is 6.84. The summed E-state index contributed by atoms with van der Waals surface area (Å²) in [7, 11) is 3.36. The molecule has 1 saturated carbocycles. The second-order valence-corrected chi connectivity index (χ2v) is 6.13. The van der Waals surface area contributed by atoms with Crippen molar-refractivity contribution in [2.24, 2.45) is 0 Å². The molecule has 0 aliphatic heterocycles. The van der Waals surface area contributed by atoms with E-state index in [-0.39, 0.29) is 12.3 Å². The molecule has 1 fully saturated rings. The van der Waals surface area contributed by atoms with Gasteiger partial charge in [0, 0.05) is 24.7 Å². The van der Waals surface area contributed by atoms with Crippen LogP contribution in [0.1, 0.15) is 31.2 Å². The minimum absolute atomic E-state index is 0.174. The van der Waals surface area contributed by atoms with E-state index >= 15 is 0 Å². The summed E-state index contributed by atoms with van der Waals surface area (Å²) in [5.41, 5.74) is 1.43. The number of halogens is 1. The number of hydrogen-bond donors (Lipinski definition) is 1. The lowest BCUT2D eigenvalue weighted by atomic mass is 9.75. The fourth-order valence-electron chi connectivity index (χ4n) is 2.72. The SMILES string of the molecule is COC(OC)C(C)NC1CC(c2ccc(Br)cc2)C1. The molecule has 1 atom stereocenters. The van der Waals surface area contributed by atoms with Gasteiger partial charge in [-0.3, -0.25) is 0 Å². The highest BCUT2D eigenvalue weighted by Gasteiger charge is 2.32. The van der Waals surface area contributed by atoms with Crippen LogP contribution in [-0.2, 0) is 9.47 Å². The van der Waals surface area contributed by atoms with Crippen LogP contribution in [0.4, 0.5) is 0 Å². The van der Waals surface area contributed by atoms with E-state index in [4.69, 9.17) is 9.47 Å². The topological polar surface area (TPSA) is 30.5 Å². The summed E-state index contributed by atoms with van der Waals surface area (Å²) in [6.45, 7) is 2.10. The number of benzene rings is 1. The zero-order chi connectivity index (χ0) is 13.8. The lowest BCUT2D eigenvalue weighted by Crippen LogP contribution is -2.49. The normalized spacial score (nSPS) is 24.3. The lowest BCUT2D eigenvalue weighted by Gasteiger charge is -2.39. The van der Waals surface area contributed by atoms with Crippen molar-refractivity contribution < 1.29 is 9.47 Å². The molecule has 0 amide bonds. The Balaban J connectivity index is 1.78. The third kappa shape index (κ3) is 3.78. The van der Waals surface area contributed by atoms with Crippen LogP contribution in [0.5, 0.6) is 0 Å². The molecule has 19 heavy (non-hydrogen) atoms. The standard InChI is InChI=1S/C15H22BrNO2/c1-10(15(18-2)19-3)17-14-8-12(9-14)11-4-6-13(16)7-5-11/h4-7,10,12,14-15,17H,8-9H2,1-3H3. The maximum Gasteiger partial charge on any atom is 0.171 e. The maximum absolute atomic E-state index is 5.27. The van der Waals surface area contributed by atoms with Crippen molar-refractivity contribution in [3.63, 3.8) is 0 Å². The van der Waals surface area contributed by atoms with E-state index in [2.05, 4.69) is 52.4 Å². The third-order valence-corrected chi connectivity index (χ3v) is 4.38. The Bertz CT molecular complexity index is 386.